The van der Waals surface area contributed by atoms with Gasteiger partial charge in [-0.05, 0) is 43.8 Å². The lowest BCUT2D eigenvalue weighted by Gasteiger charge is -2.27. The van der Waals surface area contributed by atoms with E-state index in [1.165, 1.54) is 18.4 Å². The SMILES string of the molecule is CN(CC1CCNCC1)C(=O)CCc1ccccc1. The van der Waals surface area contributed by atoms with Crippen molar-refractivity contribution >= 4 is 5.91 Å². The van der Waals surface area contributed by atoms with Gasteiger partial charge in [-0.1, -0.05) is 30.3 Å². The third-order valence-corrected chi connectivity index (χ3v) is 3.89. The second-order valence-electron chi connectivity index (χ2n) is 5.45. The van der Waals surface area contributed by atoms with Crippen LogP contribution in [0.1, 0.15) is 24.8 Å². The monoisotopic (exact) mass is 260 g/mol. The Morgan fingerprint density at radius 3 is 2.63 bits per heavy atom. The van der Waals surface area contributed by atoms with Gasteiger partial charge in [0.25, 0.3) is 0 Å². The fourth-order valence-electron chi connectivity index (χ4n) is 2.64. The molecule has 1 aromatic rings. The van der Waals surface area contributed by atoms with E-state index in [9.17, 15) is 4.79 Å². The van der Waals surface area contributed by atoms with Gasteiger partial charge in [0.05, 0.1) is 0 Å². The summed E-state index contributed by atoms with van der Waals surface area (Å²) in [6.45, 7) is 3.10. The second-order valence-corrected chi connectivity index (χ2v) is 5.45. The van der Waals surface area contributed by atoms with Gasteiger partial charge in [0.15, 0.2) is 0 Å². The van der Waals surface area contributed by atoms with Gasteiger partial charge in [-0.15, -0.1) is 0 Å². The highest BCUT2D eigenvalue weighted by Gasteiger charge is 2.17. The van der Waals surface area contributed by atoms with E-state index in [0.717, 1.165) is 26.1 Å². The number of nitrogens with zero attached hydrogens (tertiary/aromatic N) is 1. The van der Waals surface area contributed by atoms with Crippen LogP contribution in [-0.2, 0) is 11.2 Å². The molecule has 0 radical (unpaired) electrons. The van der Waals surface area contributed by atoms with E-state index in [2.05, 4.69) is 17.4 Å². The van der Waals surface area contributed by atoms with Gasteiger partial charge >= 0.3 is 0 Å². The van der Waals surface area contributed by atoms with E-state index >= 15 is 0 Å². The number of rotatable bonds is 5. The molecule has 1 aliphatic heterocycles. The number of benzene rings is 1. The lowest BCUT2D eigenvalue weighted by atomic mass is 9.97. The number of carbonyl (C=O) groups excluding carboxylic acids is 1. The Morgan fingerprint density at radius 2 is 1.95 bits per heavy atom. The zero-order chi connectivity index (χ0) is 13.5. The summed E-state index contributed by atoms with van der Waals surface area (Å²) in [6, 6.07) is 10.2. The van der Waals surface area contributed by atoms with Crippen LogP contribution in [0.5, 0.6) is 0 Å². The summed E-state index contributed by atoms with van der Waals surface area (Å²) in [4.78, 5) is 14.0. The Kier molecular flexibility index (Phi) is 5.40. The van der Waals surface area contributed by atoms with Crippen molar-refractivity contribution in [1.29, 1.82) is 0 Å². The predicted molar refractivity (Wildman–Crippen MR) is 78.0 cm³/mol. The van der Waals surface area contributed by atoms with Crippen LogP contribution in [0.25, 0.3) is 0 Å². The molecule has 104 valence electrons. The van der Waals surface area contributed by atoms with Gasteiger partial charge in [-0.2, -0.15) is 0 Å². The van der Waals surface area contributed by atoms with Crippen LogP contribution in [0.4, 0.5) is 0 Å². The summed E-state index contributed by atoms with van der Waals surface area (Å²) in [6.07, 6.45) is 3.84. The van der Waals surface area contributed by atoms with E-state index in [0.29, 0.717) is 12.3 Å². The Hall–Kier alpha value is -1.35. The molecule has 3 nitrogen and oxygen atoms in total. The van der Waals surface area contributed by atoms with Gasteiger partial charge in [0.1, 0.15) is 0 Å². The van der Waals surface area contributed by atoms with Gasteiger partial charge < -0.3 is 10.2 Å². The Bertz CT molecular complexity index is 385. The third kappa shape index (κ3) is 4.67. The summed E-state index contributed by atoms with van der Waals surface area (Å²) >= 11 is 0. The van der Waals surface area contributed by atoms with E-state index in [-0.39, 0.29) is 5.91 Å². The number of amides is 1. The molecule has 1 fully saturated rings. The fourth-order valence-corrected chi connectivity index (χ4v) is 2.64. The first-order valence-electron chi connectivity index (χ1n) is 7.24. The smallest absolute Gasteiger partial charge is 0.222 e. The normalized spacial score (nSPS) is 16.3. The number of nitrogens with one attached hydrogen (secondary N) is 1. The van der Waals surface area contributed by atoms with Crippen LogP contribution in [0.3, 0.4) is 0 Å². The molecule has 2 rings (SSSR count). The van der Waals surface area contributed by atoms with Crippen LogP contribution in [0.2, 0.25) is 0 Å². The summed E-state index contributed by atoms with van der Waals surface area (Å²) in [5.41, 5.74) is 1.24. The highest BCUT2D eigenvalue weighted by Crippen LogP contribution is 2.13. The molecule has 0 unspecified atom stereocenters. The van der Waals surface area contributed by atoms with E-state index in [4.69, 9.17) is 0 Å². The van der Waals surface area contributed by atoms with Crippen molar-refractivity contribution in [3.05, 3.63) is 35.9 Å². The lowest BCUT2D eigenvalue weighted by molar-refractivity contribution is -0.130. The molecule has 1 heterocycles. The topological polar surface area (TPSA) is 32.3 Å². The molecule has 0 atom stereocenters. The van der Waals surface area contributed by atoms with Crippen molar-refractivity contribution in [2.75, 3.05) is 26.7 Å². The molecule has 1 saturated heterocycles. The molecule has 0 aliphatic carbocycles. The van der Waals surface area contributed by atoms with E-state index in [1.807, 2.05) is 30.1 Å². The first-order valence-corrected chi connectivity index (χ1v) is 7.24. The average molecular weight is 260 g/mol. The molecule has 0 bridgehead atoms. The average Bonchev–Trinajstić information content (AvgIpc) is 2.47. The summed E-state index contributed by atoms with van der Waals surface area (Å²) in [5, 5.41) is 3.36. The molecule has 1 amide bonds. The largest absolute Gasteiger partial charge is 0.345 e. The van der Waals surface area contributed by atoms with Crippen LogP contribution in [-0.4, -0.2) is 37.5 Å². The first-order chi connectivity index (χ1) is 9.25. The van der Waals surface area contributed by atoms with Crippen molar-refractivity contribution in [3.8, 4) is 0 Å². The zero-order valence-electron chi connectivity index (χ0n) is 11.8. The minimum absolute atomic E-state index is 0.266. The minimum atomic E-state index is 0.266. The van der Waals surface area contributed by atoms with E-state index < -0.39 is 0 Å². The maximum Gasteiger partial charge on any atom is 0.222 e. The Balaban J connectivity index is 1.72. The number of hydrogen-bond acceptors (Lipinski definition) is 2. The first kappa shape index (κ1) is 14.1. The lowest BCUT2D eigenvalue weighted by Crippen LogP contribution is -2.37. The van der Waals surface area contributed by atoms with Gasteiger partial charge in [0.2, 0.25) is 5.91 Å². The highest BCUT2D eigenvalue weighted by molar-refractivity contribution is 5.76. The Morgan fingerprint density at radius 1 is 1.26 bits per heavy atom. The molecule has 1 aromatic carbocycles. The summed E-state index contributed by atoms with van der Waals surface area (Å²) < 4.78 is 0. The summed E-state index contributed by atoms with van der Waals surface area (Å²) in [5.74, 6) is 0.939. The van der Waals surface area contributed by atoms with Crippen LogP contribution >= 0.6 is 0 Å². The molecule has 0 aromatic heterocycles. The highest BCUT2D eigenvalue weighted by atomic mass is 16.2. The molecule has 0 saturated carbocycles. The molecule has 1 N–H and O–H groups in total. The fraction of sp³-hybridized carbons (Fsp3) is 0.562. The molecule has 19 heavy (non-hydrogen) atoms. The molecule has 3 heteroatoms. The number of hydrogen-bond donors (Lipinski definition) is 1. The van der Waals surface area contributed by atoms with Crippen molar-refractivity contribution in [2.24, 2.45) is 5.92 Å². The number of aryl methyl sites for hydroxylation is 1. The molecular formula is C16H24N2O. The standard InChI is InChI=1S/C16H24N2O/c1-18(13-15-9-11-17-12-10-15)16(19)8-7-14-5-3-2-4-6-14/h2-6,15,17H,7-13H2,1H3. The van der Waals surface area contributed by atoms with Crippen LogP contribution < -0.4 is 5.32 Å². The van der Waals surface area contributed by atoms with E-state index in [1.54, 1.807) is 0 Å². The maximum absolute atomic E-state index is 12.1. The summed E-state index contributed by atoms with van der Waals surface area (Å²) in [7, 11) is 1.94. The molecule has 1 aliphatic rings. The molecular weight excluding hydrogens is 236 g/mol. The Labute approximate surface area is 116 Å². The third-order valence-electron chi connectivity index (χ3n) is 3.89. The maximum atomic E-state index is 12.1. The number of carbonyl (C=O) groups is 1. The minimum Gasteiger partial charge on any atom is -0.345 e. The number of piperidine rings is 1. The molecule has 0 spiro atoms. The quantitative estimate of drug-likeness (QED) is 0.879. The van der Waals surface area contributed by atoms with Crippen molar-refractivity contribution in [1.82, 2.24) is 10.2 Å². The van der Waals surface area contributed by atoms with Crippen molar-refractivity contribution in [3.63, 3.8) is 0 Å². The van der Waals surface area contributed by atoms with Crippen molar-refractivity contribution in [2.45, 2.75) is 25.7 Å². The predicted octanol–water partition coefficient (Wildman–Crippen LogP) is 2.08. The van der Waals surface area contributed by atoms with Gasteiger partial charge in [-0.3, -0.25) is 4.79 Å². The van der Waals surface area contributed by atoms with Crippen LogP contribution in [0.15, 0.2) is 30.3 Å². The zero-order valence-corrected chi connectivity index (χ0v) is 11.8. The van der Waals surface area contributed by atoms with Gasteiger partial charge in [-0.25, -0.2) is 0 Å². The van der Waals surface area contributed by atoms with Crippen molar-refractivity contribution < 1.29 is 4.79 Å². The second kappa shape index (κ2) is 7.29. The van der Waals surface area contributed by atoms with Gasteiger partial charge in [0, 0.05) is 20.0 Å². The van der Waals surface area contributed by atoms with Crippen LogP contribution in [0, 0.1) is 5.92 Å².